The van der Waals surface area contributed by atoms with Crippen molar-refractivity contribution < 1.29 is 24.2 Å². The van der Waals surface area contributed by atoms with Crippen LogP contribution >= 0.6 is 0 Å². The highest BCUT2D eigenvalue weighted by Gasteiger charge is 2.34. The van der Waals surface area contributed by atoms with Gasteiger partial charge in [0.2, 0.25) is 11.8 Å². The first kappa shape index (κ1) is 24.4. The highest BCUT2D eigenvalue weighted by atomic mass is 16.6. The zero-order valence-corrected chi connectivity index (χ0v) is 18.3. The van der Waals surface area contributed by atoms with E-state index in [-0.39, 0.29) is 11.9 Å². The minimum atomic E-state index is -1.24. The molecule has 1 aromatic carbocycles. The third-order valence-corrected chi connectivity index (χ3v) is 3.94. The summed E-state index contributed by atoms with van der Waals surface area (Å²) in [5.41, 5.74) is 0.824. The number of aryl methyl sites for hydroxylation is 1. The van der Waals surface area contributed by atoms with Crippen molar-refractivity contribution in [2.24, 2.45) is 0 Å². The first-order valence-electron chi connectivity index (χ1n) is 9.59. The summed E-state index contributed by atoms with van der Waals surface area (Å²) < 4.78 is 5.15. The Kier molecular flexibility index (Phi) is 8.63. The summed E-state index contributed by atoms with van der Waals surface area (Å²) in [4.78, 5) is 39.1. The number of aliphatic hydroxyl groups excluding tert-OH is 1. The highest BCUT2D eigenvalue weighted by Crippen LogP contribution is 2.22. The summed E-state index contributed by atoms with van der Waals surface area (Å²) in [7, 11) is 1.47. The van der Waals surface area contributed by atoms with Gasteiger partial charge in [-0.2, -0.15) is 0 Å². The number of amides is 3. The van der Waals surface area contributed by atoms with Gasteiger partial charge in [-0.3, -0.25) is 9.59 Å². The molecule has 0 radical (unpaired) electrons. The molecule has 0 fully saturated rings. The summed E-state index contributed by atoms with van der Waals surface area (Å²) in [5.74, 6) is -0.959. The second-order valence-corrected chi connectivity index (χ2v) is 8.31. The molecule has 8 heteroatoms. The fraction of sp³-hybridized carbons (Fsp3) is 0.571. The van der Waals surface area contributed by atoms with Crippen LogP contribution in [0.4, 0.5) is 4.79 Å². The molecule has 1 rings (SSSR count). The molecule has 0 saturated heterocycles. The van der Waals surface area contributed by atoms with E-state index in [1.54, 1.807) is 32.9 Å². The number of carbonyl (C=O) groups excluding carboxylic acids is 3. The van der Waals surface area contributed by atoms with Gasteiger partial charge in [-0.05, 0) is 47.1 Å². The number of nitrogens with one attached hydrogen (secondary N) is 2. The average molecular weight is 408 g/mol. The molecule has 3 N–H and O–H groups in total. The number of aliphatic hydroxyl groups is 1. The molecule has 3 amide bonds. The van der Waals surface area contributed by atoms with Crippen LogP contribution in [0.15, 0.2) is 24.3 Å². The van der Waals surface area contributed by atoms with E-state index in [0.29, 0.717) is 5.56 Å². The maximum Gasteiger partial charge on any atom is 0.408 e. The van der Waals surface area contributed by atoms with E-state index in [2.05, 4.69) is 10.6 Å². The molecule has 0 spiro atoms. The molecule has 8 nitrogen and oxygen atoms in total. The van der Waals surface area contributed by atoms with Crippen molar-refractivity contribution in [3.63, 3.8) is 0 Å². The van der Waals surface area contributed by atoms with Crippen LogP contribution < -0.4 is 10.6 Å². The van der Waals surface area contributed by atoms with Crippen molar-refractivity contribution in [3.05, 3.63) is 35.4 Å². The second-order valence-electron chi connectivity index (χ2n) is 8.31. The topological polar surface area (TPSA) is 108 Å². The van der Waals surface area contributed by atoms with Gasteiger partial charge in [-0.25, -0.2) is 4.79 Å². The smallest absolute Gasteiger partial charge is 0.408 e. The summed E-state index contributed by atoms with van der Waals surface area (Å²) in [6.07, 6.45) is -0.822. The zero-order chi connectivity index (χ0) is 22.4. The van der Waals surface area contributed by atoms with E-state index in [9.17, 15) is 19.5 Å². The van der Waals surface area contributed by atoms with Gasteiger partial charge in [-0.15, -0.1) is 0 Å². The standard InChI is InChI=1S/C21H33N3O5/c1-13(2)22-18(26)17(15-10-8-9-14(3)11-15)24(7)19(27)16(12-25)23-20(28)29-21(4,5)6/h8-11,13,16-17,25H,12H2,1-7H3,(H,22,26)(H,23,28). The maximum absolute atomic E-state index is 13.0. The van der Waals surface area contributed by atoms with Crippen LogP contribution in [0, 0.1) is 6.92 Å². The lowest BCUT2D eigenvalue weighted by atomic mass is 10.0. The Morgan fingerprint density at radius 1 is 1.17 bits per heavy atom. The van der Waals surface area contributed by atoms with E-state index < -0.39 is 36.3 Å². The fourth-order valence-corrected chi connectivity index (χ4v) is 2.76. The van der Waals surface area contributed by atoms with Crippen LogP contribution in [0.5, 0.6) is 0 Å². The third-order valence-electron chi connectivity index (χ3n) is 3.94. The number of carbonyl (C=O) groups is 3. The molecule has 0 aliphatic rings. The van der Waals surface area contributed by atoms with Gasteiger partial charge in [0, 0.05) is 13.1 Å². The average Bonchev–Trinajstić information content (AvgIpc) is 2.57. The molecule has 0 heterocycles. The van der Waals surface area contributed by atoms with Crippen molar-refractivity contribution in [2.45, 2.75) is 65.3 Å². The summed E-state index contributed by atoms with van der Waals surface area (Å²) in [6.45, 7) is 9.99. The van der Waals surface area contributed by atoms with Crippen LogP contribution in [-0.2, 0) is 14.3 Å². The summed E-state index contributed by atoms with van der Waals surface area (Å²) in [6, 6.07) is 5.00. The molecule has 0 bridgehead atoms. The lowest BCUT2D eigenvalue weighted by molar-refractivity contribution is -0.141. The van der Waals surface area contributed by atoms with Gasteiger partial charge in [0.1, 0.15) is 17.7 Å². The predicted octanol–water partition coefficient (Wildman–Crippen LogP) is 1.90. The minimum absolute atomic E-state index is 0.119. The number of nitrogens with zero attached hydrogens (tertiary/aromatic N) is 1. The molecule has 0 aliphatic carbocycles. The quantitative estimate of drug-likeness (QED) is 0.640. The molecule has 2 unspecified atom stereocenters. The molecule has 0 saturated carbocycles. The van der Waals surface area contributed by atoms with Gasteiger partial charge >= 0.3 is 6.09 Å². The Morgan fingerprint density at radius 2 is 1.79 bits per heavy atom. The van der Waals surface area contributed by atoms with Crippen LogP contribution in [0.25, 0.3) is 0 Å². The van der Waals surface area contributed by atoms with E-state index >= 15 is 0 Å². The van der Waals surface area contributed by atoms with E-state index in [0.717, 1.165) is 5.56 Å². The fourth-order valence-electron chi connectivity index (χ4n) is 2.76. The SMILES string of the molecule is Cc1cccc(C(C(=O)NC(C)C)N(C)C(=O)C(CO)NC(=O)OC(C)(C)C)c1. The van der Waals surface area contributed by atoms with Crippen molar-refractivity contribution >= 4 is 17.9 Å². The molecular weight excluding hydrogens is 374 g/mol. The highest BCUT2D eigenvalue weighted by molar-refractivity contribution is 5.92. The number of rotatable bonds is 7. The molecule has 1 aromatic rings. The molecule has 2 atom stereocenters. The monoisotopic (exact) mass is 407 g/mol. The van der Waals surface area contributed by atoms with Gasteiger partial charge in [0.05, 0.1) is 6.61 Å². The molecular formula is C21H33N3O5. The Morgan fingerprint density at radius 3 is 2.28 bits per heavy atom. The van der Waals surface area contributed by atoms with Crippen LogP contribution in [-0.4, -0.2) is 59.3 Å². The number of likely N-dealkylation sites (N-methyl/N-ethyl adjacent to an activating group) is 1. The first-order valence-corrected chi connectivity index (χ1v) is 9.59. The lowest BCUT2D eigenvalue weighted by Gasteiger charge is -2.31. The number of hydrogen-bond donors (Lipinski definition) is 3. The van der Waals surface area contributed by atoms with Gasteiger partial charge in [-0.1, -0.05) is 29.8 Å². The predicted molar refractivity (Wildman–Crippen MR) is 110 cm³/mol. The Balaban J connectivity index is 3.12. The second kappa shape index (κ2) is 10.2. The van der Waals surface area contributed by atoms with E-state index in [4.69, 9.17) is 4.74 Å². The zero-order valence-electron chi connectivity index (χ0n) is 18.3. The van der Waals surface area contributed by atoms with Crippen LogP contribution in [0.1, 0.15) is 51.8 Å². The largest absolute Gasteiger partial charge is 0.444 e. The number of ether oxygens (including phenoxy) is 1. The van der Waals surface area contributed by atoms with Crippen molar-refractivity contribution in [3.8, 4) is 0 Å². The number of hydrogen-bond acceptors (Lipinski definition) is 5. The van der Waals surface area contributed by atoms with Gasteiger partial charge in [0.15, 0.2) is 0 Å². The lowest BCUT2D eigenvalue weighted by Crippen LogP contribution is -2.53. The molecule has 29 heavy (non-hydrogen) atoms. The van der Waals surface area contributed by atoms with E-state index in [1.807, 2.05) is 32.9 Å². The minimum Gasteiger partial charge on any atom is -0.444 e. The van der Waals surface area contributed by atoms with Crippen molar-refractivity contribution in [1.29, 1.82) is 0 Å². The van der Waals surface area contributed by atoms with Crippen LogP contribution in [0.3, 0.4) is 0 Å². The summed E-state index contributed by atoms with van der Waals surface area (Å²) >= 11 is 0. The first-order chi connectivity index (χ1) is 13.4. The molecule has 0 aromatic heterocycles. The van der Waals surface area contributed by atoms with Crippen molar-refractivity contribution in [2.75, 3.05) is 13.7 Å². The maximum atomic E-state index is 13.0. The van der Waals surface area contributed by atoms with E-state index in [1.165, 1.54) is 11.9 Å². The Hall–Kier alpha value is -2.61. The van der Waals surface area contributed by atoms with Gasteiger partial charge in [0.25, 0.3) is 0 Å². The Labute approximate surface area is 172 Å². The number of alkyl carbamates (subject to hydrolysis) is 1. The summed E-state index contributed by atoms with van der Waals surface area (Å²) in [5, 5.41) is 14.8. The third kappa shape index (κ3) is 7.73. The Bertz CT molecular complexity index is 727. The number of benzene rings is 1. The van der Waals surface area contributed by atoms with Crippen molar-refractivity contribution in [1.82, 2.24) is 15.5 Å². The van der Waals surface area contributed by atoms with Gasteiger partial charge < -0.3 is 25.4 Å². The molecule has 0 aliphatic heterocycles. The van der Waals surface area contributed by atoms with Crippen LogP contribution in [0.2, 0.25) is 0 Å². The normalized spacial score (nSPS) is 13.4. The molecule has 162 valence electrons.